The largest absolute Gasteiger partial charge is 0.492 e. The van der Waals surface area contributed by atoms with Gasteiger partial charge in [-0.3, -0.25) is 10.1 Å². The highest BCUT2D eigenvalue weighted by molar-refractivity contribution is 5.87. The zero-order valence-corrected chi connectivity index (χ0v) is 41.9. The van der Waals surface area contributed by atoms with E-state index in [4.69, 9.17) is 33.2 Å². The molecule has 0 radical (unpaired) electrons. The number of alkyl carbamates (subject to hydrolysis) is 2. The van der Waals surface area contributed by atoms with Crippen molar-refractivity contribution >= 4 is 24.2 Å². The van der Waals surface area contributed by atoms with Crippen molar-refractivity contribution in [1.29, 1.82) is 0 Å². The van der Waals surface area contributed by atoms with E-state index in [1.54, 1.807) is 96.2 Å². The lowest BCUT2D eigenvalue weighted by Crippen LogP contribution is -2.72. The van der Waals surface area contributed by atoms with Crippen molar-refractivity contribution in [2.45, 2.75) is 217 Å². The van der Waals surface area contributed by atoms with Crippen LogP contribution in [0.3, 0.4) is 0 Å². The molecule has 0 aromatic rings. The van der Waals surface area contributed by atoms with Crippen LogP contribution in [0.25, 0.3) is 0 Å². The fraction of sp³-hybridized carbons (Fsp3) is 0.867. The van der Waals surface area contributed by atoms with Crippen LogP contribution in [-0.2, 0) is 38.0 Å². The Balaban J connectivity index is 1.78. The summed E-state index contributed by atoms with van der Waals surface area (Å²) in [6, 6.07) is -5.14. The minimum absolute atomic E-state index is 0.192. The number of nitrogens with one attached hydrogen (secondary N) is 5. The number of likely N-dealkylation sites (N-methyl/N-ethyl adjacent to an activating group) is 2. The SMILES string of the molecule is CNCC1=CC[C@@H](NC(O)OC(C)(C)C)C([C@H]2[C@H](O)[C@@H](O[C@H]3OC[C@](C)(O)[C@H](N(C)C(=O)OC(C)(C)C)[C@H]3O)[C@H](NC(=O)C3(O)CC(NC(=O)OC(C)(C)C)C3)C[C@@H]2NC(=O)OC(C)(C)C)O1. The second kappa shape index (κ2) is 21.2. The van der Waals surface area contributed by atoms with Gasteiger partial charge in [0, 0.05) is 37.9 Å². The summed E-state index contributed by atoms with van der Waals surface area (Å²) in [6.07, 6.45) is -10.3. The maximum atomic E-state index is 14.2. The number of nitrogens with zero attached hydrogens (tertiary/aromatic N) is 1. The molecule has 22 heteroatoms. The average Bonchev–Trinajstić information content (AvgIpc) is 3.11. The summed E-state index contributed by atoms with van der Waals surface area (Å²) in [4.78, 5) is 54.7. The molecule has 386 valence electrons. The number of rotatable bonds is 13. The van der Waals surface area contributed by atoms with Gasteiger partial charge in [-0.15, -0.1) is 0 Å². The van der Waals surface area contributed by atoms with Gasteiger partial charge in [-0.25, -0.2) is 14.4 Å². The summed E-state index contributed by atoms with van der Waals surface area (Å²) in [5.41, 5.74) is -7.30. The number of aliphatic hydroxyl groups excluding tert-OH is 3. The molecule has 2 aliphatic carbocycles. The molecule has 4 aliphatic rings. The molecule has 12 atom stereocenters. The van der Waals surface area contributed by atoms with Crippen LogP contribution in [0.15, 0.2) is 11.8 Å². The smallest absolute Gasteiger partial charge is 0.410 e. The third kappa shape index (κ3) is 15.7. The molecule has 4 amide bonds. The van der Waals surface area contributed by atoms with Gasteiger partial charge in [-0.1, -0.05) is 0 Å². The minimum Gasteiger partial charge on any atom is -0.492 e. The van der Waals surface area contributed by atoms with Crippen LogP contribution in [0.1, 0.15) is 116 Å². The van der Waals surface area contributed by atoms with Gasteiger partial charge in [-0.05, 0) is 116 Å². The van der Waals surface area contributed by atoms with Gasteiger partial charge in [-0.2, -0.15) is 0 Å². The molecule has 0 aromatic carbocycles. The van der Waals surface area contributed by atoms with Gasteiger partial charge in [0.05, 0.1) is 43.0 Å². The lowest BCUT2D eigenvalue weighted by Gasteiger charge is -2.52. The molecule has 2 heterocycles. The van der Waals surface area contributed by atoms with E-state index in [0.29, 0.717) is 5.76 Å². The molecule has 3 fully saturated rings. The number of hydrogen-bond acceptors (Lipinski definition) is 18. The minimum atomic E-state index is -2.00. The molecule has 22 nitrogen and oxygen atoms in total. The van der Waals surface area contributed by atoms with E-state index in [2.05, 4.69) is 26.6 Å². The third-order valence-electron chi connectivity index (χ3n) is 11.4. The summed E-state index contributed by atoms with van der Waals surface area (Å²) in [5.74, 6) is -1.56. The van der Waals surface area contributed by atoms with Crippen LogP contribution in [0.4, 0.5) is 14.4 Å². The van der Waals surface area contributed by atoms with Crippen molar-refractivity contribution in [2.24, 2.45) is 5.92 Å². The first-order valence-corrected chi connectivity index (χ1v) is 23.0. The van der Waals surface area contributed by atoms with Gasteiger partial charge in [0.25, 0.3) is 5.91 Å². The number of hydrogen-bond donors (Lipinski definition) is 10. The Bertz CT molecular complexity index is 1750. The monoisotopic (exact) mass is 961 g/mol. The van der Waals surface area contributed by atoms with Crippen LogP contribution in [0.5, 0.6) is 0 Å². The summed E-state index contributed by atoms with van der Waals surface area (Å²) in [7, 11) is 3.06. The van der Waals surface area contributed by atoms with Crippen LogP contribution >= 0.6 is 0 Å². The molecule has 10 N–H and O–H groups in total. The van der Waals surface area contributed by atoms with Gasteiger partial charge in [0.2, 0.25) is 6.41 Å². The van der Waals surface area contributed by atoms with Crippen molar-refractivity contribution in [3.05, 3.63) is 11.8 Å². The zero-order chi connectivity index (χ0) is 50.8. The van der Waals surface area contributed by atoms with Crippen molar-refractivity contribution < 1.29 is 77.9 Å². The lowest BCUT2D eigenvalue weighted by atomic mass is 9.71. The predicted molar refractivity (Wildman–Crippen MR) is 241 cm³/mol. The van der Waals surface area contributed by atoms with Gasteiger partial charge < -0.3 is 84.9 Å². The Labute approximate surface area is 394 Å². The molecule has 1 saturated heterocycles. The Hall–Kier alpha value is -3.58. The highest BCUT2D eigenvalue weighted by Crippen LogP contribution is 2.40. The van der Waals surface area contributed by atoms with E-state index in [0.717, 1.165) is 4.90 Å². The summed E-state index contributed by atoms with van der Waals surface area (Å²) in [5, 5.41) is 73.4. The van der Waals surface area contributed by atoms with E-state index >= 15 is 0 Å². The average molecular weight is 961 g/mol. The molecule has 67 heavy (non-hydrogen) atoms. The molecule has 0 bridgehead atoms. The van der Waals surface area contributed by atoms with Crippen molar-refractivity contribution in [3.8, 4) is 0 Å². The predicted octanol–water partition coefficient (Wildman–Crippen LogP) is 1.19. The molecule has 0 aromatic heterocycles. The maximum absolute atomic E-state index is 14.2. The Morgan fingerprint density at radius 3 is 1.93 bits per heavy atom. The summed E-state index contributed by atoms with van der Waals surface area (Å²) < 4.78 is 41.3. The number of amides is 4. The summed E-state index contributed by atoms with van der Waals surface area (Å²) >= 11 is 0. The fourth-order valence-electron chi connectivity index (χ4n) is 8.80. The van der Waals surface area contributed by atoms with Crippen LogP contribution in [0, 0.1) is 5.92 Å². The molecule has 2 aliphatic heterocycles. The van der Waals surface area contributed by atoms with Crippen molar-refractivity contribution in [2.75, 3.05) is 27.2 Å². The highest BCUT2D eigenvalue weighted by atomic mass is 16.7. The first-order chi connectivity index (χ1) is 30.5. The van der Waals surface area contributed by atoms with Crippen LogP contribution in [0.2, 0.25) is 0 Å². The number of carbonyl (C=O) groups excluding carboxylic acids is 4. The first-order valence-electron chi connectivity index (χ1n) is 23.0. The molecule has 2 unspecified atom stereocenters. The van der Waals surface area contributed by atoms with E-state index < -0.39 is 138 Å². The second-order valence-corrected chi connectivity index (χ2v) is 22.5. The second-order valence-electron chi connectivity index (χ2n) is 22.5. The number of carbonyl (C=O) groups is 4. The fourth-order valence-corrected chi connectivity index (χ4v) is 8.80. The van der Waals surface area contributed by atoms with Crippen LogP contribution < -0.4 is 26.6 Å². The van der Waals surface area contributed by atoms with Gasteiger partial charge in [0.15, 0.2) is 6.29 Å². The quantitative estimate of drug-likeness (QED) is 0.0916. The normalized spacial score (nSPS) is 34.3. The van der Waals surface area contributed by atoms with E-state index in [1.807, 2.05) is 0 Å². The number of aliphatic hydroxyl groups is 5. The van der Waals surface area contributed by atoms with E-state index in [9.17, 15) is 44.7 Å². The Kier molecular flexibility index (Phi) is 17.7. The lowest BCUT2D eigenvalue weighted by molar-refractivity contribution is -0.306. The summed E-state index contributed by atoms with van der Waals surface area (Å²) in [6.45, 7) is 21.5. The van der Waals surface area contributed by atoms with Crippen LogP contribution in [-0.4, -0.2) is 183 Å². The Morgan fingerprint density at radius 1 is 0.821 bits per heavy atom. The first kappa shape index (κ1) is 56.0. The molecule has 4 rings (SSSR count). The molecule has 2 saturated carbocycles. The standard InChI is InChI=1S/C45H80N6O16/c1-40(2,3)64-36(55)47-23-19-45(60,20-23)35(54)48-27-18-26(50-38(57)66-42(7,8)9)28(31-25(17-16-24(62-31)21-46-14)49-37(56)65-41(4,5)6)29(52)32(27)63-34-30(53)33(44(13,59)22-61-34)51(15)39(58)67-43(10,11)12/h16,23,25-34,37,46,49,52-53,56,59-60H,17-22H2,1-15H3,(H,47,55)(H,48,54)(H,50,57)/t23?,25-,26+,27-,28-,29+,30-,31?,32+,33-,34-,37?,44+,45?/m1/s1. The van der Waals surface area contributed by atoms with Crippen molar-refractivity contribution in [3.63, 3.8) is 0 Å². The molecule has 0 spiro atoms. The molecular weight excluding hydrogens is 881 g/mol. The van der Waals surface area contributed by atoms with E-state index in [1.165, 1.54) is 14.0 Å². The topological polar surface area (TPSA) is 297 Å². The van der Waals surface area contributed by atoms with E-state index in [-0.39, 0.29) is 32.2 Å². The van der Waals surface area contributed by atoms with Gasteiger partial charge >= 0.3 is 18.3 Å². The van der Waals surface area contributed by atoms with Crippen molar-refractivity contribution in [1.82, 2.24) is 31.5 Å². The highest BCUT2D eigenvalue weighted by Gasteiger charge is 2.58. The molecular formula is C45H80N6O16. The van der Waals surface area contributed by atoms with Gasteiger partial charge in [0.1, 0.15) is 52.1 Å². The zero-order valence-electron chi connectivity index (χ0n) is 41.9. The number of ether oxygens (including phenoxy) is 7. The third-order valence-corrected chi connectivity index (χ3v) is 11.4. The maximum Gasteiger partial charge on any atom is 0.410 e. The Morgan fingerprint density at radius 2 is 1.39 bits per heavy atom.